The lowest BCUT2D eigenvalue weighted by Gasteiger charge is -2.14. The number of ether oxygens (including phenoxy) is 1. The van der Waals surface area contributed by atoms with E-state index >= 15 is 0 Å². The van der Waals surface area contributed by atoms with Gasteiger partial charge in [0.25, 0.3) is 0 Å². The molecule has 6 heteroatoms. The number of methoxy groups -OCH3 is 1. The fraction of sp³-hybridized carbons (Fsp3) is 0.750. The first kappa shape index (κ1) is 10.9. The number of rotatable bonds is 3. The number of hydrogen-bond donors (Lipinski definition) is 3. The zero-order chi connectivity index (χ0) is 10.7. The van der Waals surface area contributed by atoms with E-state index in [-0.39, 0.29) is 19.0 Å². The highest BCUT2D eigenvalue weighted by atomic mass is 16.5. The Bertz CT molecular complexity index is 243. The minimum Gasteiger partial charge on any atom is -0.480 e. The van der Waals surface area contributed by atoms with Crippen LogP contribution in [-0.2, 0) is 14.3 Å². The molecular formula is C8H14N2O4. The fourth-order valence-corrected chi connectivity index (χ4v) is 1.68. The molecule has 1 aliphatic rings. The summed E-state index contributed by atoms with van der Waals surface area (Å²) >= 11 is 0. The Hall–Kier alpha value is -1.14. The average Bonchev–Trinajstić information content (AvgIpc) is 2.60. The second kappa shape index (κ2) is 4.39. The number of carbonyl (C=O) groups excluding carboxylic acids is 1. The van der Waals surface area contributed by atoms with E-state index < -0.39 is 23.9 Å². The largest absolute Gasteiger partial charge is 0.480 e. The van der Waals surface area contributed by atoms with E-state index in [9.17, 15) is 9.59 Å². The van der Waals surface area contributed by atoms with Gasteiger partial charge in [-0.3, -0.25) is 14.9 Å². The molecule has 0 aliphatic carbocycles. The smallest absolute Gasteiger partial charge is 0.320 e. The summed E-state index contributed by atoms with van der Waals surface area (Å²) in [5, 5.41) is 11.5. The summed E-state index contributed by atoms with van der Waals surface area (Å²) in [4.78, 5) is 21.9. The molecule has 1 aliphatic heterocycles. The Labute approximate surface area is 81.4 Å². The summed E-state index contributed by atoms with van der Waals surface area (Å²) < 4.78 is 4.57. The SMILES string of the molecule is COC(=O)[C@@H]1C[C@H](C(=O)O)N[C@H]1CN. The Morgan fingerprint density at radius 2 is 2.29 bits per heavy atom. The summed E-state index contributed by atoms with van der Waals surface area (Å²) in [6.45, 7) is 0.226. The molecule has 0 aromatic heterocycles. The third-order valence-corrected chi connectivity index (χ3v) is 2.45. The summed E-state index contributed by atoms with van der Waals surface area (Å²) in [5.41, 5.74) is 5.42. The molecule has 1 saturated heterocycles. The first-order valence-electron chi connectivity index (χ1n) is 4.37. The van der Waals surface area contributed by atoms with Crippen molar-refractivity contribution in [3.63, 3.8) is 0 Å². The van der Waals surface area contributed by atoms with Crippen LogP contribution in [0.1, 0.15) is 6.42 Å². The lowest BCUT2D eigenvalue weighted by Crippen LogP contribution is -2.42. The summed E-state index contributed by atoms with van der Waals surface area (Å²) in [6.07, 6.45) is 0.240. The van der Waals surface area contributed by atoms with Crippen LogP contribution in [0.3, 0.4) is 0 Å². The second-order valence-electron chi connectivity index (χ2n) is 3.27. The van der Waals surface area contributed by atoms with Crippen LogP contribution in [-0.4, -0.2) is 42.8 Å². The molecule has 0 unspecified atom stereocenters. The van der Waals surface area contributed by atoms with Gasteiger partial charge >= 0.3 is 11.9 Å². The Morgan fingerprint density at radius 1 is 1.64 bits per heavy atom. The molecule has 0 aromatic rings. The zero-order valence-corrected chi connectivity index (χ0v) is 7.90. The maximum Gasteiger partial charge on any atom is 0.320 e. The Kier molecular flexibility index (Phi) is 3.43. The van der Waals surface area contributed by atoms with Crippen LogP contribution in [0.2, 0.25) is 0 Å². The minimum atomic E-state index is -0.963. The Balaban J connectivity index is 2.67. The number of aliphatic carboxylic acids is 1. The van der Waals surface area contributed by atoms with Crippen molar-refractivity contribution in [3.8, 4) is 0 Å². The van der Waals surface area contributed by atoms with E-state index in [0.717, 1.165) is 0 Å². The molecule has 6 nitrogen and oxygen atoms in total. The van der Waals surface area contributed by atoms with Crippen LogP contribution in [0.25, 0.3) is 0 Å². The van der Waals surface area contributed by atoms with Gasteiger partial charge in [0.05, 0.1) is 13.0 Å². The number of carbonyl (C=O) groups is 2. The van der Waals surface area contributed by atoms with Crippen molar-refractivity contribution in [3.05, 3.63) is 0 Å². The van der Waals surface area contributed by atoms with Crippen molar-refractivity contribution >= 4 is 11.9 Å². The predicted molar refractivity (Wildman–Crippen MR) is 47.5 cm³/mol. The Morgan fingerprint density at radius 3 is 2.71 bits per heavy atom. The van der Waals surface area contributed by atoms with E-state index in [1.54, 1.807) is 0 Å². The van der Waals surface area contributed by atoms with E-state index in [1.165, 1.54) is 7.11 Å². The third-order valence-electron chi connectivity index (χ3n) is 2.45. The van der Waals surface area contributed by atoms with Crippen molar-refractivity contribution in [1.29, 1.82) is 0 Å². The standard InChI is InChI=1S/C8H14N2O4/c1-14-8(13)4-2-5(7(11)12)10-6(4)3-9/h4-6,10H,2-3,9H2,1H3,(H,11,12)/t4-,5-,6+/m1/s1. The van der Waals surface area contributed by atoms with Crippen molar-refractivity contribution in [2.75, 3.05) is 13.7 Å². The van der Waals surface area contributed by atoms with Gasteiger partial charge in [0.2, 0.25) is 0 Å². The molecule has 1 heterocycles. The van der Waals surface area contributed by atoms with E-state index in [0.29, 0.717) is 0 Å². The highest BCUT2D eigenvalue weighted by Crippen LogP contribution is 2.21. The van der Waals surface area contributed by atoms with Crippen LogP contribution in [0.15, 0.2) is 0 Å². The first-order valence-corrected chi connectivity index (χ1v) is 4.37. The summed E-state index contributed by atoms with van der Waals surface area (Å²) in [5.74, 6) is -1.82. The van der Waals surface area contributed by atoms with Gasteiger partial charge < -0.3 is 15.6 Å². The van der Waals surface area contributed by atoms with E-state index in [2.05, 4.69) is 10.1 Å². The molecule has 0 saturated carbocycles. The molecule has 0 spiro atoms. The molecule has 4 N–H and O–H groups in total. The quantitative estimate of drug-likeness (QED) is 0.484. The molecule has 0 radical (unpaired) electrons. The summed E-state index contributed by atoms with van der Waals surface area (Å²) in [6, 6.07) is -1.00. The van der Waals surface area contributed by atoms with Gasteiger partial charge in [-0.05, 0) is 6.42 Å². The van der Waals surface area contributed by atoms with E-state index in [4.69, 9.17) is 10.8 Å². The normalized spacial score (nSPS) is 31.4. The lowest BCUT2D eigenvalue weighted by atomic mass is 9.99. The van der Waals surface area contributed by atoms with Crippen molar-refractivity contribution < 1.29 is 19.4 Å². The van der Waals surface area contributed by atoms with Gasteiger partial charge in [-0.25, -0.2) is 0 Å². The average molecular weight is 202 g/mol. The second-order valence-corrected chi connectivity index (χ2v) is 3.27. The van der Waals surface area contributed by atoms with Crippen LogP contribution in [0.5, 0.6) is 0 Å². The van der Waals surface area contributed by atoms with Crippen LogP contribution in [0, 0.1) is 5.92 Å². The predicted octanol–water partition coefficient (Wildman–Crippen LogP) is -1.45. The molecule has 1 fully saturated rings. The summed E-state index contributed by atoms with van der Waals surface area (Å²) in [7, 11) is 1.28. The number of nitrogens with two attached hydrogens (primary N) is 1. The lowest BCUT2D eigenvalue weighted by molar-refractivity contribution is -0.145. The fourth-order valence-electron chi connectivity index (χ4n) is 1.68. The van der Waals surface area contributed by atoms with Gasteiger partial charge in [0.15, 0.2) is 0 Å². The van der Waals surface area contributed by atoms with Crippen molar-refractivity contribution in [2.45, 2.75) is 18.5 Å². The number of nitrogens with one attached hydrogen (secondary N) is 1. The maximum atomic E-state index is 11.2. The molecular weight excluding hydrogens is 188 g/mol. The monoisotopic (exact) mass is 202 g/mol. The van der Waals surface area contributed by atoms with Gasteiger partial charge in [-0.1, -0.05) is 0 Å². The number of hydrogen-bond acceptors (Lipinski definition) is 5. The molecule has 3 atom stereocenters. The molecule has 14 heavy (non-hydrogen) atoms. The first-order chi connectivity index (χ1) is 6.60. The van der Waals surface area contributed by atoms with Gasteiger partial charge in [0, 0.05) is 12.6 Å². The molecule has 0 bridgehead atoms. The maximum absolute atomic E-state index is 11.2. The van der Waals surface area contributed by atoms with Crippen molar-refractivity contribution in [2.24, 2.45) is 11.7 Å². The highest BCUT2D eigenvalue weighted by molar-refractivity contribution is 5.79. The van der Waals surface area contributed by atoms with Crippen molar-refractivity contribution in [1.82, 2.24) is 5.32 Å². The number of esters is 1. The third kappa shape index (κ3) is 2.02. The highest BCUT2D eigenvalue weighted by Gasteiger charge is 2.41. The minimum absolute atomic E-state index is 0.226. The molecule has 0 aromatic carbocycles. The number of carboxylic acids is 1. The van der Waals surface area contributed by atoms with Crippen LogP contribution < -0.4 is 11.1 Å². The topological polar surface area (TPSA) is 102 Å². The van der Waals surface area contributed by atoms with Gasteiger partial charge in [-0.2, -0.15) is 0 Å². The van der Waals surface area contributed by atoms with Crippen LogP contribution >= 0.6 is 0 Å². The van der Waals surface area contributed by atoms with E-state index in [1.807, 2.05) is 0 Å². The number of carboxylic acid groups (broad SMARTS) is 1. The van der Waals surface area contributed by atoms with Crippen LogP contribution in [0.4, 0.5) is 0 Å². The zero-order valence-electron chi connectivity index (χ0n) is 7.90. The van der Waals surface area contributed by atoms with Gasteiger partial charge in [0.1, 0.15) is 6.04 Å². The molecule has 80 valence electrons. The molecule has 1 rings (SSSR count). The van der Waals surface area contributed by atoms with Gasteiger partial charge in [-0.15, -0.1) is 0 Å². The molecule has 0 amide bonds.